The zero-order valence-electron chi connectivity index (χ0n) is 13.4. The van der Waals surface area contributed by atoms with E-state index in [4.69, 9.17) is 23.2 Å². The van der Waals surface area contributed by atoms with Crippen molar-refractivity contribution in [3.8, 4) is 6.07 Å². The van der Waals surface area contributed by atoms with Crippen molar-refractivity contribution in [1.82, 2.24) is 0 Å². The van der Waals surface area contributed by atoms with Gasteiger partial charge in [0, 0.05) is 24.5 Å². The van der Waals surface area contributed by atoms with Crippen LogP contribution in [0.25, 0.3) is 0 Å². The van der Waals surface area contributed by atoms with E-state index in [1.54, 1.807) is 24.3 Å². The first kappa shape index (κ1) is 21.4. The number of nitrogens with zero attached hydrogens (tertiary/aromatic N) is 2. The molecule has 0 heterocycles. The van der Waals surface area contributed by atoms with E-state index < -0.39 is 5.78 Å². The molecule has 0 radical (unpaired) electrons. The molecule has 0 saturated heterocycles. The highest BCUT2D eigenvalue weighted by molar-refractivity contribution is 14.1. The van der Waals surface area contributed by atoms with Gasteiger partial charge in [-0.15, -0.1) is 0 Å². The normalized spacial score (nSPS) is 11.1. The fourth-order valence-corrected chi connectivity index (χ4v) is 4.09. The fourth-order valence-electron chi connectivity index (χ4n) is 2.23. The number of Topliss-reactive ketones (excluding diaryl/α,β-unsaturated/α-hetero) is 1. The molecule has 2 aromatic carbocycles. The quantitative estimate of drug-likeness (QED) is 0.136. The summed E-state index contributed by atoms with van der Waals surface area (Å²) in [6.45, 7) is 0. The lowest BCUT2D eigenvalue weighted by Gasteiger charge is -2.08. The van der Waals surface area contributed by atoms with Gasteiger partial charge in [0.15, 0.2) is 0 Å². The van der Waals surface area contributed by atoms with Crippen molar-refractivity contribution in [2.45, 2.75) is 10.8 Å². The number of nitrogens with one attached hydrogen (secondary N) is 1. The monoisotopic (exact) mass is 611 g/mol. The summed E-state index contributed by atoms with van der Waals surface area (Å²) in [4.78, 5) is 12.6. The van der Waals surface area contributed by atoms with Crippen LogP contribution in [-0.2, 0) is 10.8 Å². The maximum Gasteiger partial charge on any atom is 0.223 e. The van der Waals surface area contributed by atoms with Crippen molar-refractivity contribution in [3.05, 3.63) is 63.1 Å². The molecule has 2 aromatic rings. The molecule has 0 saturated carbocycles. The SMILES string of the molecule is N#C/C(=N\Nc1cc(Cl)cc(Cl)c1)C(=O)c1ccc(CI)c(CCI)c1. The van der Waals surface area contributed by atoms with Crippen molar-refractivity contribution in [2.75, 3.05) is 9.85 Å². The minimum atomic E-state index is -0.428. The van der Waals surface area contributed by atoms with Gasteiger partial charge in [0.05, 0.1) is 5.69 Å². The molecule has 0 aliphatic carbocycles. The van der Waals surface area contributed by atoms with Crippen molar-refractivity contribution in [3.63, 3.8) is 0 Å². The van der Waals surface area contributed by atoms with Gasteiger partial charge in [0.25, 0.3) is 0 Å². The number of carbonyl (C=O) groups is 1. The Kier molecular flexibility index (Phi) is 8.60. The molecule has 0 aromatic heterocycles. The van der Waals surface area contributed by atoms with Gasteiger partial charge in [-0.3, -0.25) is 10.2 Å². The average molecular weight is 612 g/mol. The van der Waals surface area contributed by atoms with E-state index in [0.29, 0.717) is 21.3 Å². The zero-order chi connectivity index (χ0) is 19.1. The lowest BCUT2D eigenvalue weighted by Crippen LogP contribution is -2.15. The Bertz CT molecular complexity index is 874. The third kappa shape index (κ3) is 5.81. The van der Waals surface area contributed by atoms with Crippen LogP contribution < -0.4 is 5.43 Å². The van der Waals surface area contributed by atoms with E-state index in [1.165, 1.54) is 5.56 Å². The maximum absolute atomic E-state index is 12.6. The summed E-state index contributed by atoms with van der Waals surface area (Å²) in [5, 5.41) is 14.1. The Morgan fingerprint density at radius 1 is 1.12 bits per heavy atom. The number of benzene rings is 2. The van der Waals surface area contributed by atoms with Crippen LogP contribution in [0, 0.1) is 11.3 Å². The Morgan fingerprint density at radius 2 is 1.81 bits per heavy atom. The molecule has 0 aliphatic heterocycles. The molecule has 0 aliphatic rings. The number of alkyl halides is 2. The Balaban J connectivity index is 2.28. The maximum atomic E-state index is 12.6. The van der Waals surface area contributed by atoms with E-state index in [-0.39, 0.29) is 5.71 Å². The van der Waals surface area contributed by atoms with E-state index in [2.05, 4.69) is 55.7 Å². The van der Waals surface area contributed by atoms with E-state index in [9.17, 15) is 10.1 Å². The molecule has 0 amide bonds. The van der Waals surface area contributed by atoms with Gasteiger partial charge in [-0.2, -0.15) is 10.4 Å². The number of rotatable bonds is 7. The summed E-state index contributed by atoms with van der Waals surface area (Å²) in [5.41, 5.74) is 5.69. The van der Waals surface area contributed by atoms with Crippen LogP contribution in [-0.4, -0.2) is 15.9 Å². The molecule has 0 unspecified atom stereocenters. The summed E-state index contributed by atoms with van der Waals surface area (Å²) in [7, 11) is 0. The van der Waals surface area contributed by atoms with E-state index in [0.717, 1.165) is 20.8 Å². The number of halogens is 4. The number of ketones is 1. The first-order valence-electron chi connectivity index (χ1n) is 7.46. The zero-order valence-corrected chi connectivity index (χ0v) is 19.2. The highest BCUT2D eigenvalue weighted by atomic mass is 127. The van der Waals surface area contributed by atoms with Crippen LogP contribution >= 0.6 is 68.4 Å². The second kappa shape index (κ2) is 10.4. The van der Waals surface area contributed by atoms with E-state index in [1.807, 2.05) is 18.2 Å². The highest BCUT2D eigenvalue weighted by Gasteiger charge is 2.16. The molecule has 0 fully saturated rings. The summed E-state index contributed by atoms with van der Waals surface area (Å²) in [5.74, 6) is -0.428. The standard InChI is InChI=1S/C18H13Cl2I2N3O/c19-14-6-15(20)8-16(7-14)24-25-17(10-23)18(26)12-1-2-13(9-22)11(5-12)3-4-21/h1-2,5-8,24H,3-4,9H2/b25-17+. The largest absolute Gasteiger partial charge is 0.286 e. The van der Waals surface area contributed by atoms with Crippen LogP contribution in [0.1, 0.15) is 21.5 Å². The summed E-state index contributed by atoms with van der Waals surface area (Å²) < 4.78 is 1.82. The smallest absolute Gasteiger partial charge is 0.223 e. The van der Waals surface area contributed by atoms with Gasteiger partial charge in [-0.05, 0) is 41.8 Å². The van der Waals surface area contributed by atoms with Crippen LogP contribution in [0.15, 0.2) is 41.5 Å². The third-order valence-corrected chi connectivity index (χ3v) is 5.25. The summed E-state index contributed by atoms with van der Waals surface area (Å²) in [6.07, 6.45) is 0.873. The van der Waals surface area contributed by atoms with Gasteiger partial charge >= 0.3 is 0 Å². The van der Waals surface area contributed by atoms with Crippen molar-refractivity contribution >= 4 is 85.6 Å². The van der Waals surface area contributed by atoms with Crippen molar-refractivity contribution in [2.24, 2.45) is 5.10 Å². The molecule has 0 bridgehead atoms. The van der Waals surface area contributed by atoms with E-state index >= 15 is 0 Å². The number of hydrazone groups is 1. The first-order chi connectivity index (χ1) is 12.5. The molecular formula is C18H13Cl2I2N3O. The molecule has 2 rings (SSSR count). The Hall–Kier alpha value is -0.890. The number of nitriles is 1. The molecule has 0 spiro atoms. The molecule has 1 N–H and O–H groups in total. The molecular weight excluding hydrogens is 599 g/mol. The number of carbonyl (C=O) groups excluding carboxylic acids is 1. The topological polar surface area (TPSA) is 65.2 Å². The van der Waals surface area contributed by atoms with Gasteiger partial charge < -0.3 is 0 Å². The van der Waals surface area contributed by atoms with Gasteiger partial charge in [0.1, 0.15) is 6.07 Å². The van der Waals surface area contributed by atoms with Crippen LogP contribution in [0.2, 0.25) is 10.0 Å². The highest BCUT2D eigenvalue weighted by Crippen LogP contribution is 2.22. The predicted octanol–water partition coefficient (Wildman–Crippen LogP) is 6.08. The van der Waals surface area contributed by atoms with Crippen molar-refractivity contribution < 1.29 is 4.79 Å². The molecule has 0 atom stereocenters. The number of anilines is 1. The molecule has 4 nitrogen and oxygen atoms in total. The lowest BCUT2D eigenvalue weighted by atomic mass is 9.99. The lowest BCUT2D eigenvalue weighted by molar-refractivity contribution is 0.106. The minimum absolute atomic E-state index is 0.233. The molecule has 8 heteroatoms. The minimum Gasteiger partial charge on any atom is -0.286 e. The Labute approximate surface area is 189 Å². The van der Waals surface area contributed by atoms with Gasteiger partial charge in [-0.25, -0.2) is 0 Å². The second-order valence-electron chi connectivity index (χ2n) is 5.23. The fraction of sp³-hybridized carbons (Fsp3) is 0.167. The molecule has 134 valence electrons. The average Bonchev–Trinajstić information content (AvgIpc) is 2.61. The van der Waals surface area contributed by atoms with Crippen LogP contribution in [0.5, 0.6) is 0 Å². The number of aryl methyl sites for hydroxylation is 1. The van der Waals surface area contributed by atoms with Crippen LogP contribution in [0.3, 0.4) is 0 Å². The summed E-state index contributed by atoms with van der Waals surface area (Å²) >= 11 is 16.5. The first-order valence-corrected chi connectivity index (χ1v) is 11.3. The van der Waals surface area contributed by atoms with Crippen LogP contribution in [0.4, 0.5) is 5.69 Å². The van der Waals surface area contributed by atoms with Crippen molar-refractivity contribution in [1.29, 1.82) is 5.26 Å². The van der Waals surface area contributed by atoms with Gasteiger partial charge in [-0.1, -0.05) is 80.5 Å². The third-order valence-electron chi connectivity index (χ3n) is 3.46. The number of hydrogen-bond acceptors (Lipinski definition) is 4. The Morgan fingerprint density at radius 3 is 2.38 bits per heavy atom. The predicted molar refractivity (Wildman–Crippen MR) is 124 cm³/mol. The summed E-state index contributed by atoms with van der Waals surface area (Å²) in [6, 6.07) is 12.1. The molecule has 26 heavy (non-hydrogen) atoms. The second-order valence-corrected chi connectivity index (χ2v) is 7.94. The van der Waals surface area contributed by atoms with Gasteiger partial charge in [0.2, 0.25) is 11.5 Å². The number of hydrogen-bond donors (Lipinski definition) is 1.